The molecule has 0 heterocycles. The van der Waals surface area contributed by atoms with Crippen LogP contribution in [0.1, 0.15) is 36.5 Å². The molecule has 0 aliphatic heterocycles. The Morgan fingerprint density at radius 3 is 2.95 bits per heavy atom. The summed E-state index contributed by atoms with van der Waals surface area (Å²) in [4.78, 5) is 12.0. The largest absolute Gasteiger partial charge is 0.491 e. The highest BCUT2D eigenvalue weighted by atomic mass is 16.5. The number of hydrogen-bond acceptors (Lipinski definition) is 3. The average molecular weight is 260 g/mol. The summed E-state index contributed by atoms with van der Waals surface area (Å²) in [7, 11) is 0. The molecule has 0 atom stereocenters. The maximum absolute atomic E-state index is 12.0. The second-order valence-corrected chi connectivity index (χ2v) is 4.07. The zero-order valence-corrected chi connectivity index (χ0v) is 11.2. The minimum atomic E-state index is -0.170. The Balaban J connectivity index is 2.61. The first-order valence-electron chi connectivity index (χ1n) is 6.43. The van der Waals surface area contributed by atoms with E-state index in [1.807, 2.05) is 6.92 Å². The van der Waals surface area contributed by atoms with E-state index in [1.54, 1.807) is 18.2 Å². The van der Waals surface area contributed by atoms with Crippen molar-refractivity contribution in [3.05, 3.63) is 23.8 Å². The summed E-state index contributed by atoms with van der Waals surface area (Å²) in [6.45, 7) is 2.92. The van der Waals surface area contributed by atoms with Crippen LogP contribution >= 0.6 is 0 Å². The first-order chi connectivity index (χ1) is 9.20. The standard InChI is InChI=1S/C15H20N2O2/c1-3-5-6-7-11-17-15(18)12-9-8-10-13(16)14(12)19-4-2/h1,8-10H,4-7,11,16H2,2H3,(H,17,18). The molecule has 4 nitrogen and oxygen atoms in total. The summed E-state index contributed by atoms with van der Waals surface area (Å²) >= 11 is 0. The third-order valence-corrected chi connectivity index (χ3v) is 2.61. The van der Waals surface area contributed by atoms with Crippen molar-refractivity contribution in [2.24, 2.45) is 0 Å². The van der Waals surface area contributed by atoms with Crippen molar-refractivity contribution < 1.29 is 9.53 Å². The molecule has 1 rings (SSSR count). The first kappa shape index (κ1) is 14.9. The van der Waals surface area contributed by atoms with Gasteiger partial charge in [0, 0.05) is 13.0 Å². The molecule has 0 aromatic heterocycles. The van der Waals surface area contributed by atoms with Crippen LogP contribution in [0.15, 0.2) is 18.2 Å². The molecule has 4 heteroatoms. The van der Waals surface area contributed by atoms with E-state index < -0.39 is 0 Å². The van der Waals surface area contributed by atoms with Crippen LogP contribution in [-0.2, 0) is 0 Å². The Bertz CT molecular complexity index is 464. The van der Waals surface area contributed by atoms with Gasteiger partial charge in [0.15, 0.2) is 5.75 Å². The van der Waals surface area contributed by atoms with Crippen molar-refractivity contribution in [2.75, 3.05) is 18.9 Å². The summed E-state index contributed by atoms with van der Waals surface area (Å²) in [6.07, 6.45) is 7.67. The summed E-state index contributed by atoms with van der Waals surface area (Å²) < 4.78 is 5.42. The number of unbranched alkanes of at least 4 members (excludes halogenated alkanes) is 2. The molecule has 0 fully saturated rings. The van der Waals surface area contributed by atoms with Crippen molar-refractivity contribution in [1.29, 1.82) is 0 Å². The quantitative estimate of drug-likeness (QED) is 0.449. The number of rotatable bonds is 7. The molecule has 0 bridgehead atoms. The van der Waals surface area contributed by atoms with Crippen LogP contribution in [0.5, 0.6) is 5.75 Å². The number of nitrogens with one attached hydrogen (secondary N) is 1. The smallest absolute Gasteiger partial charge is 0.255 e. The molecule has 0 aliphatic carbocycles. The van der Waals surface area contributed by atoms with E-state index >= 15 is 0 Å². The number of hydrogen-bond donors (Lipinski definition) is 2. The molecule has 0 saturated carbocycles. The number of carbonyl (C=O) groups excluding carboxylic acids is 1. The normalized spacial score (nSPS) is 9.68. The number of nitrogens with two attached hydrogens (primary N) is 1. The Morgan fingerprint density at radius 2 is 2.26 bits per heavy atom. The van der Waals surface area contributed by atoms with Gasteiger partial charge in [-0.1, -0.05) is 6.07 Å². The van der Waals surface area contributed by atoms with Gasteiger partial charge >= 0.3 is 0 Å². The maximum atomic E-state index is 12.0. The van der Waals surface area contributed by atoms with E-state index in [9.17, 15) is 4.79 Å². The molecule has 0 spiro atoms. The molecule has 102 valence electrons. The van der Waals surface area contributed by atoms with Gasteiger partial charge in [-0.05, 0) is 31.9 Å². The molecule has 0 unspecified atom stereocenters. The summed E-state index contributed by atoms with van der Waals surface area (Å²) in [5.41, 5.74) is 6.76. The number of carbonyl (C=O) groups is 1. The number of anilines is 1. The van der Waals surface area contributed by atoms with Gasteiger partial charge in [-0.15, -0.1) is 12.3 Å². The second kappa shape index (κ2) is 8.04. The van der Waals surface area contributed by atoms with Crippen molar-refractivity contribution in [3.8, 4) is 18.1 Å². The molecule has 0 saturated heterocycles. The van der Waals surface area contributed by atoms with Gasteiger partial charge in [0.25, 0.3) is 5.91 Å². The lowest BCUT2D eigenvalue weighted by Gasteiger charge is -2.12. The second-order valence-electron chi connectivity index (χ2n) is 4.07. The minimum absolute atomic E-state index is 0.170. The van der Waals surface area contributed by atoms with Crippen molar-refractivity contribution >= 4 is 11.6 Å². The zero-order chi connectivity index (χ0) is 14.1. The fourth-order valence-electron chi connectivity index (χ4n) is 1.69. The fourth-order valence-corrected chi connectivity index (χ4v) is 1.69. The average Bonchev–Trinajstić information content (AvgIpc) is 2.41. The highest BCUT2D eigenvalue weighted by Crippen LogP contribution is 2.26. The highest BCUT2D eigenvalue weighted by Gasteiger charge is 2.14. The van der Waals surface area contributed by atoms with Crippen molar-refractivity contribution in [3.63, 3.8) is 0 Å². The van der Waals surface area contributed by atoms with Crippen LogP contribution in [0.2, 0.25) is 0 Å². The minimum Gasteiger partial charge on any atom is -0.491 e. The molecule has 1 aromatic carbocycles. The highest BCUT2D eigenvalue weighted by molar-refractivity contribution is 5.98. The van der Waals surface area contributed by atoms with E-state index in [0.29, 0.717) is 30.2 Å². The molecular formula is C15H20N2O2. The van der Waals surface area contributed by atoms with Crippen LogP contribution in [-0.4, -0.2) is 19.1 Å². The van der Waals surface area contributed by atoms with Gasteiger partial charge in [0.05, 0.1) is 17.9 Å². The predicted octanol–water partition coefficient (Wildman–Crippen LogP) is 2.20. The van der Waals surface area contributed by atoms with Gasteiger partial charge in [0.2, 0.25) is 0 Å². The maximum Gasteiger partial charge on any atom is 0.255 e. The molecule has 0 radical (unpaired) electrons. The van der Waals surface area contributed by atoms with E-state index in [1.165, 1.54) is 0 Å². The molecule has 1 aromatic rings. The Labute approximate surface area is 114 Å². The summed E-state index contributed by atoms with van der Waals surface area (Å²) in [5.74, 6) is 2.85. The lowest BCUT2D eigenvalue weighted by Crippen LogP contribution is -2.25. The molecule has 0 aliphatic rings. The number of nitrogen functional groups attached to an aromatic ring is 1. The molecular weight excluding hydrogens is 240 g/mol. The van der Waals surface area contributed by atoms with Gasteiger partial charge < -0.3 is 15.8 Å². The molecule has 19 heavy (non-hydrogen) atoms. The third kappa shape index (κ3) is 4.55. The Hall–Kier alpha value is -2.15. The number of ether oxygens (including phenoxy) is 1. The van der Waals surface area contributed by atoms with Crippen LogP contribution in [0.25, 0.3) is 0 Å². The lowest BCUT2D eigenvalue weighted by atomic mass is 10.1. The van der Waals surface area contributed by atoms with Crippen LogP contribution in [0, 0.1) is 12.3 Å². The summed E-state index contributed by atoms with van der Waals surface area (Å²) in [5, 5.41) is 2.84. The van der Waals surface area contributed by atoms with E-state index in [0.717, 1.165) is 19.3 Å². The van der Waals surface area contributed by atoms with Gasteiger partial charge in [-0.3, -0.25) is 4.79 Å². The predicted molar refractivity (Wildman–Crippen MR) is 77.0 cm³/mol. The van der Waals surface area contributed by atoms with Crippen LogP contribution in [0.4, 0.5) is 5.69 Å². The topological polar surface area (TPSA) is 64.4 Å². The monoisotopic (exact) mass is 260 g/mol. The summed E-state index contributed by atoms with van der Waals surface area (Å²) in [6, 6.07) is 5.16. The van der Waals surface area contributed by atoms with Gasteiger partial charge in [-0.25, -0.2) is 0 Å². The van der Waals surface area contributed by atoms with Crippen molar-refractivity contribution in [2.45, 2.75) is 26.2 Å². The SMILES string of the molecule is C#CCCCCNC(=O)c1cccc(N)c1OCC. The third-order valence-electron chi connectivity index (χ3n) is 2.61. The van der Waals surface area contributed by atoms with Crippen molar-refractivity contribution in [1.82, 2.24) is 5.32 Å². The van der Waals surface area contributed by atoms with E-state index in [4.69, 9.17) is 16.9 Å². The Kier molecular flexibility index (Phi) is 6.31. The Morgan fingerprint density at radius 1 is 1.47 bits per heavy atom. The number of benzene rings is 1. The molecule has 1 amide bonds. The van der Waals surface area contributed by atoms with E-state index in [-0.39, 0.29) is 5.91 Å². The van der Waals surface area contributed by atoms with E-state index in [2.05, 4.69) is 11.2 Å². The number of amides is 1. The fraction of sp³-hybridized carbons (Fsp3) is 0.400. The number of terminal acetylenes is 1. The first-order valence-corrected chi connectivity index (χ1v) is 6.43. The molecule has 3 N–H and O–H groups in total. The lowest BCUT2D eigenvalue weighted by molar-refractivity contribution is 0.0949. The van der Waals surface area contributed by atoms with Crippen LogP contribution < -0.4 is 15.8 Å². The number of para-hydroxylation sites is 1. The van der Waals surface area contributed by atoms with Gasteiger partial charge in [0.1, 0.15) is 0 Å². The van der Waals surface area contributed by atoms with Crippen LogP contribution in [0.3, 0.4) is 0 Å². The van der Waals surface area contributed by atoms with Gasteiger partial charge in [-0.2, -0.15) is 0 Å². The zero-order valence-electron chi connectivity index (χ0n) is 11.2.